The molecule has 0 saturated carbocycles. The summed E-state index contributed by atoms with van der Waals surface area (Å²) in [6.07, 6.45) is 3.52. The van der Waals surface area contributed by atoms with Gasteiger partial charge in [0.1, 0.15) is 0 Å². The second-order valence-corrected chi connectivity index (χ2v) is 2.41. The summed E-state index contributed by atoms with van der Waals surface area (Å²) in [6, 6.07) is 0. The van der Waals surface area contributed by atoms with Crippen molar-refractivity contribution >= 4 is 11.9 Å². The van der Waals surface area contributed by atoms with Crippen LogP contribution >= 0.6 is 0 Å². The molecule has 18 heavy (non-hydrogen) atoms. The van der Waals surface area contributed by atoms with Crippen LogP contribution in [0.5, 0.6) is 0 Å². The summed E-state index contributed by atoms with van der Waals surface area (Å²) >= 11 is 0. The molecule has 0 spiro atoms. The summed E-state index contributed by atoms with van der Waals surface area (Å²) in [6.45, 7) is 8.07. The summed E-state index contributed by atoms with van der Waals surface area (Å²) in [4.78, 5) is 20.5. The quantitative estimate of drug-likeness (QED) is 0.569. The van der Waals surface area contributed by atoms with Crippen LogP contribution < -0.4 is 0 Å². The van der Waals surface area contributed by atoms with Crippen molar-refractivity contribution in [2.45, 2.75) is 56.4 Å². The van der Waals surface area contributed by atoms with Crippen molar-refractivity contribution in [1.29, 1.82) is 0 Å². The summed E-state index contributed by atoms with van der Waals surface area (Å²) in [5.41, 5.74) is 0. The first-order chi connectivity index (χ1) is 7.12. The summed E-state index contributed by atoms with van der Waals surface area (Å²) in [7, 11) is 0. The molecular weight excluding hydrogens is 232 g/mol. The van der Waals surface area contributed by atoms with Crippen molar-refractivity contribution in [2.24, 2.45) is 0 Å². The molecule has 0 N–H and O–H groups in total. The van der Waals surface area contributed by atoms with Crippen molar-refractivity contribution in [2.75, 3.05) is 13.2 Å². The van der Waals surface area contributed by atoms with Gasteiger partial charge in [-0.3, -0.25) is 4.79 Å². The monoisotopic (exact) mass is 264 g/mol. The standard InChI is InChI=1S/C6H10O2.C5H10O2.3CH4/c1-3-5-6(7)8-4-2;1-3-5(6)7-4-2;;;/h3,5H,4H2,1-2H3;3-4H2,1-2H3;3*1H4/b5-3+;;;;. The number of carbonyl (C=O) groups is 2. The van der Waals surface area contributed by atoms with Crippen LogP contribution in [0.3, 0.4) is 0 Å². The van der Waals surface area contributed by atoms with Gasteiger partial charge in [0.05, 0.1) is 13.2 Å². The van der Waals surface area contributed by atoms with Gasteiger partial charge in [-0.25, -0.2) is 4.79 Å². The van der Waals surface area contributed by atoms with Crippen molar-refractivity contribution < 1.29 is 19.1 Å². The molecular formula is C14H32O4. The van der Waals surface area contributed by atoms with Gasteiger partial charge < -0.3 is 9.47 Å². The number of esters is 2. The van der Waals surface area contributed by atoms with E-state index in [4.69, 9.17) is 0 Å². The fraction of sp³-hybridized carbons (Fsp3) is 0.714. The van der Waals surface area contributed by atoms with Crippen molar-refractivity contribution in [1.82, 2.24) is 0 Å². The van der Waals surface area contributed by atoms with E-state index in [1.807, 2.05) is 0 Å². The average Bonchev–Trinajstić information content (AvgIpc) is 2.20. The smallest absolute Gasteiger partial charge is 0.330 e. The summed E-state index contributed by atoms with van der Waals surface area (Å²) in [5, 5.41) is 0. The molecule has 112 valence electrons. The van der Waals surface area contributed by atoms with Crippen LogP contribution in [0.15, 0.2) is 12.2 Å². The lowest BCUT2D eigenvalue weighted by atomic mass is 10.5. The van der Waals surface area contributed by atoms with E-state index in [0.717, 1.165) is 0 Å². The van der Waals surface area contributed by atoms with Crippen molar-refractivity contribution in [3.8, 4) is 0 Å². The van der Waals surface area contributed by atoms with Gasteiger partial charge in [0.15, 0.2) is 0 Å². The minimum atomic E-state index is -0.269. The average molecular weight is 264 g/mol. The lowest BCUT2D eigenvalue weighted by Gasteiger charge is -1.93. The Bertz CT molecular complexity index is 198. The normalized spacial score (nSPS) is 7.56. The zero-order valence-corrected chi connectivity index (χ0v) is 9.91. The predicted molar refractivity (Wildman–Crippen MR) is 78.6 cm³/mol. The molecule has 0 atom stereocenters. The highest BCUT2D eigenvalue weighted by Gasteiger charge is 1.91. The molecule has 0 fully saturated rings. The molecule has 0 aliphatic carbocycles. The number of hydrogen-bond donors (Lipinski definition) is 0. The number of hydrogen-bond acceptors (Lipinski definition) is 4. The molecule has 0 aromatic carbocycles. The first-order valence-electron chi connectivity index (χ1n) is 5.07. The maximum atomic E-state index is 10.3. The van der Waals surface area contributed by atoms with E-state index in [1.54, 1.807) is 33.8 Å². The van der Waals surface area contributed by atoms with Gasteiger partial charge in [0, 0.05) is 12.5 Å². The minimum absolute atomic E-state index is 0. The van der Waals surface area contributed by atoms with E-state index in [-0.39, 0.29) is 34.2 Å². The maximum Gasteiger partial charge on any atom is 0.330 e. The van der Waals surface area contributed by atoms with E-state index in [0.29, 0.717) is 19.6 Å². The molecule has 0 aromatic heterocycles. The first-order valence-corrected chi connectivity index (χ1v) is 5.07. The van der Waals surface area contributed by atoms with Crippen molar-refractivity contribution in [3.63, 3.8) is 0 Å². The second kappa shape index (κ2) is 24.8. The number of allylic oxidation sites excluding steroid dienone is 1. The second-order valence-electron chi connectivity index (χ2n) is 2.41. The Morgan fingerprint density at radius 1 is 0.944 bits per heavy atom. The zero-order valence-electron chi connectivity index (χ0n) is 9.91. The third-order valence-corrected chi connectivity index (χ3v) is 1.18. The fourth-order valence-electron chi connectivity index (χ4n) is 0.590. The molecule has 0 rings (SSSR count). The molecule has 0 aliphatic heterocycles. The molecule has 0 radical (unpaired) electrons. The molecule has 0 aliphatic rings. The Labute approximate surface area is 113 Å². The van der Waals surface area contributed by atoms with Gasteiger partial charge in [0.2, 0.25) is 0 Å². The van der Waals surface area contributed by atoms with Gasteiger partial charge in [0.25, 0.3) is 0 Å². The van der Waals surface area contributed by atoms with Gasteiger partial charge >= 0.3 is 11.9 Å². The number of ether oxygens (including phenoxy) is 2. The predicted octanol–water partition coefficient (Wildman–Crippen LogP) is 3.99. The lowest BCUT2D eigenvalue weighted by Crippen LogP contribution is -2.00. The Morgan fingerprint density at radius 3 is 1.61 bits per heavy atom. The van der Waals surface area contributed by atoms with E-state index >= 15 is 0 Å². The Hall–Kier alpha value is -1.32. The van der Waals surface area contributed by atoms with Crippen LogP contribution in [0.1, 0.15) is 56.4 Å². The molecule has 0 bridgehead atoms. The van der Waals surface area contributed by atoms with E-state index in [2.05, 4.69) is 9.47 Å². The van der Waals surface area contributed by atoms with Crippen LogP contribution in [0.25, 0.3) is 0 Å². The molecule has 4 nitrogen and oxygen atoms in total. The Balaban J connectivity index is -0.0000000540. The van der Waals surface area contributed by atoms with E-state index in [9.17, 15) is 9.59 Å². The van der Waals surface area contributed by atoms with Crippen LogP contribution in [0.2, 0.25) is 0 Å². The molecule has 0 saturated heterocycles. The number of carbonyl (C=O) groups excluding carboxylic acids is 2. The number of rotatable bonds is 4. The largest absolute Gasteiger partial charge is 0.466 e. The van der Waals surface area contributed by atoms with E-state index in [1.165, 1.54) is 6.08 Å². The van der Waals surface area contributed by atoms with Gasteiger partial charge in [-0.15, -0.1) is 0 Å². The van der Waals surface area contributed by atoms with Gasteiger partial charge in [-0.1, -0.05) is 35.3 Å². The maximum absolute atomic E-state index is 10.3. The lowest BCUT2D eigenvalue weighted by molar-refractivity contribution is -0.142. The third-order valence-electron chi connectivity index (χ3n) is 1.18. The Morgan fingerprint density at radius 2 is 1.39 bits per heavy atom. The van der Waals surface area contributed by atoms with Gasteiger partial charge in [-0.2, -0.15) is 0 Å². The van der Waals surface area contributed by atoms with Crippen LogP contribution in [-0.4, -0.2) is 25.2 Å². The highest BCUT2D eigenvalue weighted by Crippen LogP contribution is 1.80. The van der Waals surface area contributed by atoms with Crippen molar-refractivity contribution in [3.05, 3.63) is 12.2 Å². The fourth-order valence-corrected chi connectivity index (χ4v) is 0.590. The molecule has 0 unspecified atom stereocenters. The molecule has 0 amide bonds. The first kappa shape index (κ1) is 30.1. The summed E-state index contributed by atoms with van der Waals surface area (Å²) in [5.74, 6) is -0.391. The highest BCUT2D eigenvalue weighted by atomic mass is 16.5. The SMILES string of the molecule is C.C.C.C/C=C/C(=O)OCC.CCOC(=O)CC. The minimum Gasteiger partial charge on any atom is -0.466 e. The van der Waals surface area contributed by atoms with Gasteiger partial charge in [-0.05, 0) is 20.8 Å². The van der Waals surface area contributed by atoms with E-state index < -0.39 is 0 Å². The molecule has 4 heteroatoms. The van der Waals surface area contributed by atoms with Crippen LogP contribution in [0.4, 0.5) is 0 Å². The highest BCUT2D eigenvalue weighted by molar-refractivity contribution is 5.81. The summed E-state index contributed by atoms with van der Waals surface area (Å²) < 4.78 is 9.11. The molecule has 0 aromatic rings. The zero-order chi connectivity index (χ0) is 12.1. The van der Waals surface area contributed by atoms with Crippen LogP contribution in [-0.2, 0) is 19.1 Å². The molecule has 0 heterocycles. The third kappa shape index (κ3) is 29.3. The topological polar surface area (TPSA) is 52.6 Å². The Kier molecular flexibility index (Phi) is 41.4. The van der Waals surface area contributed by atoms with Crippen LogP contribution in [0, 0.1) is 0 Å².